The Hall–Kier alpha value is -3.71. The van der Waals surface area contributed by atoms with E-state index in [1.807, 2.05) is 44.2 Å². The highest BCUT2D eigenvalue weighted by Crippen LogP contribution is 2.40. The first kappa shape index (κ1) is 23.1. The molecule has 180 valence electrons. The highest BCUT2D eigenvalue weighted by Gasteiger charge is 2.34. The Bertz CT molecular complexity index is 1570. The lowest BCUT2D eigenvalue weighted by molar-refractivity contribution is -0.157. The number of cyclic esters (lactones) is 1. The fourth-order valence-electron chi connectivity index (χ4n) is 5.19. The van der Waals surface area contributed by atoms with Crippen LogP contribution in [0.3, 0.4) is 0 Å². The fraction of sp³-hybridized carbons (Fsp3) is 0.321. The van der Waals surface area contributed by atoms with Crippen molar-refractivity contribution >= 4 is 33.3 Å². The van der Waals surface area contributed by atoms with Crippen molar-refractivity contribution in [3.8, 4) is 11.4 Å². The molecule has 7 heteroatoms. The van der Waals surface area contributed by atoms with E-state index in [1.54, 1.807) is 10.6 Å². The summed E-state index contributed by atoms with van der Waals surface area (Å²) in [6.07, 6.45) is -0.638. The third-order valence-electron chi connectivity index (χ3n) is 6.69. The molecule has 0 bridgehead atoms. The minimum atomic E-state index is -1.46. The number of hydrogen-bond acceptors (Lipinski definition) is 6. The maximum atomic E-state index is 13.3. The molecular formula is C28H29N3O4. The third-order valence-corrected chi connectivity index (χ3v) is 6.69. The molecule has 1 atom stereocenters. The lowest BCUT2D eigenvalue weighted by atomic mass is 9.90. The second-order valence-electron chi connectivity index (χ2n) is 9.32. The van der Waals surface area contributed by atoms with Crippen LogP contribution < -0.4 is 11.3 Å². The van der Waals surface area contributed by atoms with Crippen LogP contribution in [-0.4, -0.2) is 20.6 Å². The minimum absolute atomic E-state index is 0.126. The average Bonchev–Trinajstić information content (AvgIpc) is 3.21. The van der Waals surface area contributed by atoms with Gasteiger partial charge in [0.25, 0.3) is 5.56 Å². The van der Waals surface area contributed by atoms with Crippen LogP contribution in [0.1, 0.15) is 56.1 Å². The number of ether oxygens (including phenoxy) is 1. The maximum absolute atomic E-state index is 13.3. The Morgan fingerprint density at radius 2 is 1.89 bits per heavy atom. The van der Waals surface area contributed by atoms with Crippen LogP contribution in [0.4, 0.5) is 5.69 Å². The van der Waals surface area contributed by atoms with Gasteiger partial charge >= 0.3 is 5.97 Å². The zero-order chi connectivity index (χ0) is 25.0. The summed E-state index contributed by atoms with van der Waals surface area (Å²) in [5, 5.41) is 13.6. The highest BCUT2D eigenvalue weighted by molar-refractivity contribution is 6.10. The smallest absolute Gasteiger partial charge is 0.340 e. The Kier molecular flexibility index (Phi) is 5.60. The van der Waals surface area contributed by atoms with E-state index in [4.69, 9.17) is 15.5 Å². The van der Waals surface area contributed by atoms with Crippen molar-refractivity contribution in [3.05, 3.63) is 69.0 Å². The summed E-state index contributed by atoms with van der Waals surface area (Å²) in [4.78, 5) is 30.2. The van der Waals surface area contributed by atoms with Gasteiger partial charge in [0, 0.05) is 22.2 Å². The second-order valence-corrected chi connectivity index (χ2v) is 9.32. The molecule has 3 N–H and O–H groups in total. The van der Waals surface area contributed by atoms with E-state index in [0.717, 1.165) is 44.9 Å². The molecule has 2 aliphatic rings. The summed E-state index contributed by atoms with van der Waals surface area (Å²) < 4.78 is 6.69. The van der Waals surface area contributed by atoms with Gasteiger partial charge in [0.2, 0.25) is 0 Å². The summed E-state index contributed by atoms with van der Waals surface area (Å²) in [5.74, 6) is -0.349. The second kappa shape index (κ2) is 8.50. The van der Waals surface area contributed by atoms with Gasteiger partial charge in [-0.2, -0.15) is 0 Å². The van der Waals surface area contributed by atoms with E-state index < -0.39 is 12.1 Å². The number of carbonyl (C=O) groups excluding carboxylic acids is 1. The number of aliphatic hydroxyl groups excluding tert-OH is 1. The standard InChI is InChI=1S/C26H23N3O4.C2H6/c1-12(2)7-16-18-10-29-21(9-17-19(25(29)31)11-33-26(32)24(17)30)23(18)28-20-6-4-13-3-5-14(27)8-15(13)22(16)20;1-2/h3-6,8-9,12,24,30H,7,10-11,27H2,1-2H3;1-2H3. The molecule has 0 saturated carbocycles. The van der Waals surface area contributed by atoms with Crippen LogP contribution in [-0.2, 0) is 29.1 Å². The van der Waals surface area contributed by atoms with Gasteiger partial charge in [-0.1, -0.05) is 39.8 Å². The summed E-state index contributed by atoms with van der Waals surface area (Å²) >= 11 is 0. The number of nitrogen functional groups attached to an aromatic ring is 1. The Morgan fingerprint density at radius 3 is 2.63 bits per heavy atom. The zero-order valence-electron chi connectivity index (χ0n) is 20.4. The van der Waals surface area contributed by atoms with Gasteiger partial charge in [0.05, 0.1) is 29.0 Å². The third kappa shape index (κ3) is 3.49. The van der Waals surface area contributed by atoms with E-state index >= 15 is 0 Å². The predicted octanol–water partition coefficient (Wildman–Crippen LogP) is 4.48. The molecule has 0 spiro atoms. The Labute approximate surface area is 203 Å². The van der Waals surface area contributed by atoms with Crippen LogP contribution in [0, 0.1) is 5.92 Å². The number of nitrogens with zero attached hydrogens (tertiary/aromatic N) is 2. The Balaban J connectivity index is 0.00000124. The van der Waals surface area contributed by atoms with Crippen molar-refractivity contribution in [2.75, 3.05) is 5.73 Å². The van der Waals surface area contributed by atoms with Crippen LogP contribution in [0.5, 0.6) is 0 Å². The molecule has 2 aromatic heterocycles. The first-order valence-electron chi connectivity index (χ1n) is 12.1. The number of fused-ring (bicyclic) bond motifs is 7. The predicted molar refractivity (Wildman–Crippen MR) is 137 cm³/mol. The molecule has 0 aliphatic carbocycles. The molecule has 7 nitrogen and oxygen atoms in total. The Morgan fingerprint density at radius 1 is 1.14 bits per heavy atom. The maximum Gasteiger partial charge on any atom is 0.340 e. The molecule has 2 aromatic carbocycles. The van der Waals surface area contributed by atoms with Crippen molar-refractivity contribution in [1.82, 2.24) is 9.55 Å². The highest BCUT2D eigenvalue weighted by atomic mass is 16.5. The van der Waals surface area contributed by atoms with Crippen molar-refractivity contribution in [3.63, 3.8) is 0 Å². The molecule has 1 unspecified atom stereocenters. The fourth-order valence-corrected chi connectivity index (χ4v) is 5.19. The first-order valence-corrected chi connectivity index (χ1v) is 12.1. The number of benzene rings is 2. The molecule has 0 saturated heterocycles. The summed E-state index contributed by atoms with van der Waals surface area (Å²) in [5.41, 5.74) is 11.6. The largest absolute Gasteiger partial charge is 0.458 e. The van der Waals surface area contributed by atoms with Gasteiger partial charge in [0.15, 0.2) is 6.10 Å². The van der Waals surface area contributed by atoms with E-state index in [2.05, 4.69) is 13.8 Å². The van der Waals surface area contributed by atoms with Gasteiger partial charge in [0.1, 0.15) is 6.61 Å². The topological polar surface area (TPSA) is 107 Å². The number of nitrogens with two attached hydrogens (primary N) is 1. The zero-order valence-corrected chi connectivity index (χ0v) is 20.4. The number of rotatable bonds is 2. The van der Waals surface area contributed by atoms with Crippen molar-refractivity contribution in [2.24, 2.45) is 5.92 Å². The molecular weight excluding hydrogens is 442 g/mol. The van der Waals surface area contributed by atoms with Gasteiger partial charge < -0.3 is 20.1 Å². The van der Waals surface area contributed by atoms with E-state index in [0.29, 0.717) is 35.0 Å². The van der Waals surface area contributed by atoms with E-state index in [-0.39, 0.29) is 12.2 Å². The van der Waals surface area contributed by atoms with Gasteiger partial charge in [-0.3, -0.25) is 4.79 Å². The number of anilines is 1. The molecule has 2 aliphatic heterocycles. The van der Waals surface area contributed by atoms with E-state index in [9.17, 15) is 14.7 Å². The van der Waals surface area contributed by atoms with Gasteiger partial charge in [-0.25, -0.2) is 9.78 Å². The summed E-state index contributed by atoms with van der Waals surface area (Å²) in [6.45, 7) is 8.61. The SMILES string of the molecule is CC.CC(C)Cc1c2c(nc3ccc4ccc(N)cc4c13)-c1cc3c(c(=O)n1C2)COC(=O)C3O. The number of carbonyl (C=O) groups is 1. The van der Waals surface area contributed by atoms with Gasteiger partial charge in [-0.05, 0) is 52.9 Å². The monoisotopic (exact) mass is 471 g/mol. The molecule has 4 heterocycles. The molecule has 0 fully saturated rings. The summed E-state index contributed by atoms with van der Waals surface area (Å²) in [7, 11) is 0. The van der Waals surface area contributed by atoms with Crippen LogP contribution in [0.2, 0.25) is 0 Å². The van der Waals surface area contributed by atoms with E-state index in [1.165, 1.54) is 0 Å². The summed E-state index contributed by atoms with van der Waals surface area (Å²) in [6, 6.07) is 11.7. The minimum Gasteiger partial charge on any atom is -0.458 e. The van der Waals surface area contributed by atoms with Crippen LogP contribution in [0.15, 0.2) is 41.2 Å². The van der Waals surface area contributed by atoms with Crippen molar-refractivity contribution < 1.29 is 14.6 Å². The quantitative estimate of drug-likeness (QED) is 0.223. The lowest BCUT2D eigenvalue weighted by Gasteiger charge is -2.21. The molecule has 6 rings (SSSR count). The number of hydrogen-bond donors (Lipinski definition) is 2. The molecule has 35 heavy (non-hydrogen) atoms. The number of aromatic nitrogens is 2. The lowest BCUT2D eigenvalue weighted by Crippen LogP contribution is -2.32. The molecule has 0 radical (unpaired) electrons. The van der Waals surface area contributed by atoms with Gasteiger partial charge in [-0.15, -0.1) is 0 Å². The van der Waals surface area contributed by atoms with Crippen molar-refractivity contribution in [2.45, 2.75) is 53.4 Å². The molecule has 0 amide bonds. The number of esters is 1. The van der Waals surface area contributed by atoms with Crippen LogP contribution in [0.25, 0.3) is 33.1 Å². The van der Waals surface area contributed by atoms with Crippen LogP contribution >= 0.6 is 0 Å². The average molecular weight is 472 g/mol. The number of pyridine rings is 2. The first-order chi connectivity index (χ1) is 16.8. The normalized spacial score (nSPS) is 15.9. The number of aliphatic hydroxyl groups is 1. The van der Waals surface area contributed by atoms with Crippen molar-refractivity contribution in [1.29, 1.82) is 0 Å². The molecule has 4 aromatic rings.